The van der Waals surface area contributed by atoms with Crippen LogP contribution in [-0.4, -0.2) is 53.5 Å². The van der Waals surface area contributed by atoms with Crippen molar-refractivity contribution in [2.75, 3.05) is 13.7 Å². The van der Waals surface area contributed by atoms with Crippen molar-refractivity contribution in [1.29, 1.82) is 0 Å². The number of carboxylic acid groups (broad SMARTS) is 1. The van der Waals surface area contributed by atoms with Crippen molar-refractivity contribution >= 4 is 17.7 Å². The predicted molar refractivity (Wildman–Crippen MR) is 98.8 cm³/mol. The van der Waals surface area contributed by atoms with Gasteiger partial charge >= 0.3 is 5.97 Å². The van der Waals surface area contributed by atoms with E-state index in [1.54, 1.807) is 55.6 Å². The zero-order valence-electron chi connectivity index (χ0n) is 15.0. The highest BCUT2D eigenvalue weighted by atomic mass is 16.5. The monoisotopic (exact) mass is 367 g/mol. The number of hydrogen-bond acceptors (Lipinski definition) is 4. The maximum Gasteiger partial charge on any atom is 0.305 e. The van der Waals surface area contributed by atoms with Gasteiger partial charge in [-0.2, -0.15) is 0 Å². The zero-order valence-corrected chi connectivity index (χ0v) is 15.0. The standard InChI is InChI=1S/C21H21NO5/c1-27-16-11-15(12-19(23)24)22(13-16)21(26)18-10-6-5-9-17(18)20(25)14-7-3-2-4-8-14/h2-10,15-16H,11-13H2,1H3,(H,23,24). The third-order valence-electron chi connectivity index (χ3n) is 4.82. The molecule has 0 saturated carbocycles. The van der Waals surface area contributed by atoms with Crippen LogP contribution in [-0.2, 0) is 9.53 Å². The van der Waals surface area contributed by atoms with Crippen molar-refractivity contribution in [1.82, 2.24) is 4.90 Å². The van der Waals surface area contributed by atoms with Crippen LogP contribution in [0.1, 0.15) is 39.1 Å². The third kappa shape index (κ3) is 4.06. The Morgan fingerprint density at radius 3 is 2.30 bits per heavy atom. The van der Waals surface area contributed by atoms with Gasteiger partial charge in [0.1, 0.15) is 0 Å². The van der Waals surface area contributed by atoms with Gasteiger partial charge in [-0.15, -0.1) is 0 Å². The summed E-state index contributed by atoms with van der Waals surface area (Å²) >= 11 is 0. The molecular formula is C21H21NO5. The van der Waals surface area contributed by atoms with Gasteiger partial charge in [0.05, 0.1) is 18.1 Å². The number of carbonyl (C=O) groups excluding carboxylic acids is 2. The SMILES string of the molecule is COC1CC(CC(=O)O)N(C(=O)c2ccccc2C(=O)c2ccccc2)C1. The number of amides is 1. The molecule has 2 unspecified atom stereocenters. The number of aliphatic carboxylic acids is 1. The number of hydrogen-bond donors (Lipinski definition) is 1. The minimum atomic E-state index is -0.969. The molecule has 1 fully saturated rings. The fourth-order valence-electron chi connectivity index (χ4n) is 3.46. The number of likely N-dealkylation sites (tertiary alicyclic amines) is 1. The van der Waals surface area contributed by atoms with Crippen LogP contribution in [0.4, 0.5) is 0 Å². The molecule has 0 bridgehead atoms. The van der Waals surface area contributed by atoms with Gasteiger partial charge in [0.25, 0.3) is 5.91 Å². The first kappa shape index (κ1) is 18.8. The number of methoxy groups -OCH3 is 1. The summed E-state index contributed by atoms with van der Waals surface area (Å²) in [7, 11) is 1.54. The first-order valence-electron chi connectivity index (χ1n) is 8.75. The van der Waals surface area contributed by atoms with Gasteiger partial charge in [0.15, 0.2) is 5.78 Å². The van der Waals surface area contributed by atoms with Crippen molar-refractivity contribution in [2.24, 2.45) is 0 Å². The summed E-state index contributed by atoms with van der Waals surface area (Å²) in [5, 5.41) is 9.16. The summed E-state index contributed by atoms with van der Waals surface area (Å²) in [5.74, 6) is -1.55. The second kappa shape index (κ2) is 8.14. The summed E-state index contributed by atoms with van der Waals surface area (Å²) in [4.78, 5) is 38.8. The fraction of sp³-hybridized carbons (Fsp3) is 0.286. The van der Waals surface area contributed by atoms with Crippen LogP contribution in [0.25, 0.3) is 0 Å². The van der Waals surface area contributed by atoms with E-state index >= 15 is 0 Å². The Kier molecular flexibility index (Phi) is 5.66. The highest BCUT2D eigenvalue weighted by molar-refractivity contribution is 6.15. The highest BCUT2D eigenvalue weighted by Gasteiger charge is 2.37. The summed E-state index contributed by atoms with van der Waals surface area (Å²) in [6.07, 6.45) is 0.0966. The summed E-state index contributed by atoms with van der Waals surface area (Å²) < 4.78 is 5.33. The average Bonchev–Trinajstić information content (AvgIpc) is 3.09. The van der Waals surface area contributed by atoms with Crippen LogP contribution in [0, 0.1) is 0 Å². The molecule has 0 spiro atoms. The largest absolute Gasteiger partial charge is 0.481 e. The van der Waals surface area contributed by atoms with Crippen LogP contribution in [0.2, 0.25) is 0 Å². The van der Waals surface area contributed by atoms with Crippen LogP contribution in [0.15, 0.2) is 54.6 Å². The molecule has 1 aliphatic rings. The maximum atomic E-state index is 13.2. The van der Waals surface area contributed by atoms with E-state index < -0.39 is 12.0 Å². The van der Waals surface area contributed by atoms with Crippen LogP contribution < -0.4 is 0 Å². The maximum absolute atomic E-state index is 13.2. The molecule has 27 heavy (non-hydrogen) atoms. The number of nitrogens with zero attached hydrogens (tertiary/aromatic N) is 1. The number of rotatable bonds is 6. The van der Waals surface area contributed by atoms with Crippen molar-refractivity contribution in [3.8, 4) is 0 Å². The predicted octanol–water partition coefficient (Wildman–Crippen LogP) is 2.62. The van der Waals surface area contributed by atoms with E-state index in [1.807, 2.05) is 6.07 Å². The number of ketones is 1. The van der Waals surface area contributed by atoms with E-state index in [-0.39, 0.29) is 29.8 Å². The second-order valence-corrected chi connectivity index (χ2v) is 6.54. The van der Waals surface area contributed by atoms with E-state index in [1.165, 1.54) is 4.90 Å². The molecule has 1 aliphatic heterocycles. The molecule has 6 heteroatoms. The number of carboxylic acids is 1. The molecule has 1 saturated heterocycles. The molecule has 0 aliphatic carbocycles. The van der Waals surface area contributed by atoms with Crippen molar-refractivity contribution in [3.63, 3.8) is 0 Å². The molecule has 2 atom stereocenters. The van der Waals surface area contributed by atoms with E-state index in [4.69, 9.17) is 9.84 Å². The molecule has 2 aromatic carbocycles. The molecule has 2 aromatic rings. The lowest BCUT2D eigenvalue weighted by Gasteiger charge is -2.24. The third-order valence-corrected chi connectivity index (χ3v) is 4.82. The molecule has 1 amide bonds. The van der Waals surface area contributed by atoms with Gasteiger partial charge < -0.3 is 14.7 Å². The summed E-state index contributed by atoms with van der Waals surface area (Å²) in [6, 6.07) is 14.9. The molecule has 140 valence electrons. The molecule has 0 aromatic heterocycles. The summed E-state index contributed by atoms with van der Waals surface area (Å²) in [5.41, 5.74) is 1.08. The molecular weight excluding hydrogens is 346 g/mol. The first-order chi connectivity index (χ1) is 13.0. The average molecular weight is 367 g/mol. The lowest BCUT2D eigenvalue weighted by atomic mass is 9.97. The van der Waals surface area contributed by atoms with E-state index in [0.29, 0.717) is 24.1 Å². The second-order valence-electron chi connectivity index (χ2n) is 6.54. The molecule has 1 N–H and O–H groups in total. The van der Waals surface area contributed by atoms with Gasteiger partial charge in [-0.05, 0) is 12.5 Å². The first-order valence-corrected chi connectivity index (χ1v) is 8.75. The number of ether oxygens (including phenoxy) is 1. The quantitative estimate of drug-likeness (QED) is 0.794. The van der Waals surface area contributed by atoms with Crippen LogP contribution in [0.3, 0.4) is 0 Å². The number of carbonyl (C=O) groups is 3. The molecule has 3 rings (SSSR count). The Bertz CT molecular complexity index is 849. The lowest BCUT2D eigenvalue weighted by Crippen LogP contribution is -2.38. The van der Waals surface area contributed by atoms with Crippen LogP contribution >= 0.6 is 0 Å². The van der Waals surface area contributed by atoms with Gasteiger partial charge in [0.2, 0.25) is 0 Å². The normalized spacial score (nSPS) is 19.1. The van der Waals surface area contributed by atoms with Gasteiger partial charge in [-0.25, -0.2) is 0 Å². The fourth-order valence-corrected chi connectivity index (χ4v) is 3.46. The van der Waals surface area contributed by atoms with Gasteiger partial charge in [-0.1, -0.05) is 48.5 Å². The summed E-state index contributed by atoms with van der Waals surface area (Å²) in [6.45, 7) is 0.307. The van der Waals surface area contributed by atoms with Crippen molar-refractivity contribution in [2.45, 2.75) is 25.0 Å². The molecule has 6 nitrogen and oxygen atoms in total. The van der Waals surface area contributed by atoms with Crippen molar-refractivity contribution < 1.29 is 24.2 Å². The Hall–Kier alpha value is -2.99. The zero-order chi connectivity index (χ0) is 19.4. The number of benzene rings is 2. The van der Waals surface area contributed by atoms with Crippen LogP contribution in [0.5, 0.6) is 0 Å². The topological polar surface area (TPSA) is 83.9 Å². The van der Waals surface area contributed by atoms with E-state index in [2.05, 4.69) is 0 Å². The minimum Gasteiger partial charge on any atom is -0.481 e. The van der Waals surface area contributed by atoms with E-state index in [9.17, 15) is 14.4 Å². The van der Waals surface area contributed by atoms with Crippen molar-refractivity contribution in [3.05, 3.63) is 71.3 Å². The molecule has 1 heterocycles. The Labute approximate surface area is 157 Å². The Balaban J connectivity index is 1.93. The Morgan fingerprint density at radius 2 is 1.67 bits per heavy atom. The van der Waals surface area contributed by atoms with E-state index in [0.717, 1.165) is 0 Å². The van der Waals surface area contributed by atoms with Gasteiger partial charge in [0, 0.05) is 30.8 Å². The smallest absolute Gasteiger partial charge is 0.305 e. The minimum absolute atomic E-state index is 0.152. The lowest BCUT2D eigenvalue weighted by molar-refractivity contribution is -0.138. The highest BCUT2D eigenvalue weighted by Crippen LogP contribution is 2.26. The molecule has 0 radical (unpaired) electrons. The van der Waals surface area contributed by atoms with Gasteiger partial charge in [-0.3, -0.25) is 14.4 Å². The Morgan fingerprint density at radius 1 is 1.04 bits per heavy atom.